The van der Waals surface area contributed by atoms with Crippen molar-refractivity contribution >= 4 is 29.9 Å². The van der Waals surface area contributed by atoms with Crippen molar-refractivity contribution in [1.29, 1.82) is 0 Å². The summed E-state index contributed by atoms with van der Waals surface area (Å²) in [6.45, 7) is 6.41. The number of aryl methyl sites for hydroxylation is 3. The van der Waals surface area contributed by atoms with Crippen molar-refractivity contribution in [3.05, 3.63) is 41.3 Å². The van der Waals surface area contributed by atoms with Crippen molar-refractivity contribution in [1.82, 2.24) is 25.4 Å². The minimum atomic E-state index is 0. The van der Waals surface area contributed by atoms with Gasteiger partial charge >= 0.3 is 0 Å². The zero-order valence-corrected chi connectivity index (χ0v) is 17.6. The highest BCUT2D eigenvalue weighted by molar-refractivity contribution is 14.0. The molecule has 8 heteroatoms. The van der Waals surface area contributed by atoms with Gasteiger partial charge in [0.2, 0.25) is 5.88 Å². The van der Waals surface area contributed by atoms with E-state index in [-0.39, 0.29) is 24.0 Å². The van der Waals surface area contributed by atoms with Gasteiger partial charge in [0.25, 0.3) is 0 Å². The molecule has 2 N–H and O–H groups in total. The molecule has 25 heavy (non-hydrogen) atoms. The summed E-state index contributed by atoms with van der Waals surface area (Å²) in [4.78, 5) is 8.42. The molecule has 0 aliphatic rings. The predicted molar refractivity (Wildman–Crippen MR) is 111 cm³/mol. The highest BCUT2D eigenvalue weighted by atomic mass is 127. The number of aliphatic imine (C=N–C) groups is 1. The Kier molecular flexibility index (Phi) is 9.25. The number of pyridine rings is 1. The van der Waals surface area contributed by atoms with Crippen LogP contribution >= 0.6 is 24.0 Å². The minimum Gasteiger partial charge on any atom is -0.481 e. The van der Waals surface area contributed by atoms with Crippen LogP contribution < -0.4 is 15.4 Å². The maximum atomic E-state index is 5.25. The van der Waals surface area contributed by atoms with Gasteiger partial charge < -0.3 is 15.4 Å². The van der Waals surface area contributed by atoms with Gasteiger partial charge in [-0.15, -0.1) is 24.0 Å². The average Bonchev–Trinajstić information content (AvgIpc) is 2.92. The fourth-order valence-electron chi connectivity index (χ4n) is 2.48. The highest BCUT2D eigenvalue weighted by Gasteiger charge is 2.05. The standard InChI is InChI=1S/C17H26N6O.HI/c1-13-11-14(2)23(22-13)10-6-9-20-17(18-3)21-12-15-7-5-8-19-16(15)24-4;/h5,7-8,11H,6,9-10,12H2,1-4H3,(H2,18,20,21);1H. The molecule has 0 aromatic carbocycles. The van der Waals surface area contributed by atoms with Gasteiger partial charge in [-0.05, 0) is 32.4 Å². The Morgan fingerprint density at radius 3 is 2.76 bits per heavy atom. The quantitative estimate of drug-likeness (QED) is 0.288. The number of hydrogen-bond donors (Lipinski definition) is 2. The lowest BCUT2D eigenvalue weighted by Gasteiger charge is -2.13. The third kappa shape index (κ3) is 6.52. The second-order valence-electron chi connectivity index (χ2n) is 5.53. The predicted octanol–water partition coefficient (Wildman–Crippen LogP) is 2.28. The monoisotopic (exact) mass is 458 g/mol. The van der Waals surface area contributed by atoms with Crippen LogP contribution in [-0.2, 0) is 13.1 Å². The van der Waals surface area contributed by atoms with Crippen molar-refractivity contribution in [2.75, 3.05) is 20.7 Å². The van der Waals surface area contributed by atoms with E-state index in [0.29, 0.717) is 12.4 Å². The number of halogens is 1. The number of nitrogens with zero attached hydrogens (tertiary/aromatic N) is 4. The van der Waals surface area contributed by atoms with E-state index in [1.807, 2.05) is 23.7 Å². The van der Waals surface area contributed by atoms with E-state index in [1.54, 1.807) is 20.4 Å². The van der Waals surface area contributed by atoms with Crippen LogP contribution in [-0.4, -0.2) is 41.4 Å². The number of rotatable bonds is 7. The maximum Gasteiger partial charge on any atom is 0.218 e. The second kappa shape index (κ2) is 10.9. The first kappa shape index (κ1) is 21.2. The minimum absolute atomic E-state index is 0. The van der Waals surface area contributed by atoms with Gasteiger partial charge in [-0.3, -0.25) is 9.67 Å². The van der Waals surface area contributed by atoms with Crippen LogP contribution in [0.1, 0.15) is 23.4 Å². The first-order valence-corrected chi connectivity index (χ1v) is 8.07. The second-order valence-corrected chi connectivity index (χ2v) is 5.53. The highest BCUT2D eigenvalue weighted by Crippen LogP contribution is 2.12. The molecule has 2 aromatic rings. The Morgan fingerprint density at radius 1 is 1.32 bits per heavy atom. The molecule has 0 saturated carbocycles. The normalized spacial score (nSPS) is 11.0. The largest absolute Gasteiger partial charge is 0.481 e. The summed E-state index contributed by atoms with van der Waals surface area (Å²) in [5, 5.41) is 11.0. The van der Waals surface area contributed by atoms with Crippen LogP contribution in [0.4, 0.5) is 0 Å². The average molecular weight is 458 g/mol. The Labute approximate surface area is 166 Å². The summed E-state index contributed by atoms with van der Waals surface area (Å²) in [6.07, 6.45) is 2.69. The van der Waals surface area contributed by atoms with Gasteiger partial charge in [-0.1, -0.05) is 6.07 Å². The maximum absolute atomic E-state index is 5.25. The van der Waals surface area contributed by atoms with Crippen molar-refractivity contribution < 1.29 is 4.74 Å². The Bertz CT molecular complexity index is 686. The van der Waals surface area contributed by atoms with Crippen LogP contribution in [0.15, 0.2) is 29.4 Å². The van der Waals surface area contributed by atoms with Crippen LogP contribution in [0.25, 0.3) is 0 Å². The molecule has 0 aliphatic heterocycles. The molecule has 0 unspecified atom stereocenters. The molecule has 0 bridgehead atoms. The van der Waals surface area contributed by atoms with E-state index in [9.17, 15) is 0 Å². The van der Waals surface area contributed by atoms with E-state index in [4.69, 9.17) is 4.74 Å². The number of aromatic nitrogens is 3. The molecule has 2 heterocycles. The molecule has 2 rings (SSSR count). The van der Waals surface area contributed by atoms with Crippen molar-refractivity contribution in [3.8, 4) is 5.88 Å². The topological polar surface area (TPSA) is 76.4 Å². The molecule has 0 atom stereocenters. The van der Waals surface area contributed by atoms with Crippen LogP contribution in [0.5, 0.6) is 5.88 Å². The van der Waals surface area contributed by atoms with Crippen molar-refractivity contribution in [2.45, 2.75) is 33.4 Å². The summed E-state index contributed by atoms with van der Waals surface area (Å²) in [7, 11) is 3.38. The van der Waals surface area contributed by atoms with Gasteiger partial charge in [0.1, 0.15) is 0 Å². The molecule has 2 aromatic heterocycles. The number of methoxy groups -OCH3 is 1. The zero-order valence-electron chi connectivity index (χ0n) is 15.2. The first-order chi connectivity index (χ1) is 11.6. The molecule has 0 fully saturated rings. The molecule has 138 valence electrons. The Morgan fingerprint density at radius 2 is 2.12 bits per heavy atom. The number of guanidine groups is 1. The zero-order chi connectivity index (χ0) is 17.4. The number of hydrogen-bond acceptors (Lipinski definition) is 4. The Balaban J connectivity index is 0.00000312. The van der Waals surface area contributed by atoms with E-state index in [1.165, 1.54) is 5.69 Å². The van der Waals surface area contributed by atoms with E-state index in [2.05, 4.69) is 38.7 Å². The fourth-order valence-corrected chi connectivity index (χ4v) is 2.48. The molecule has 0 saturated heterocycles. The SMILES string of the molecule is CN=C(NCCCn1nc(C)cc1C)NCc1cccnc1OC.I. The van der Waals surface area contributed by atoms with Crippen LogP contribution in [0.3, 0.4) is 0 Å². The molecule has 0 radical (unpaired) electrons. The summed E-state index contributed by atoms with van der Waals surface area (Å²) >= 11 is 0. The molecule has 0 aliphatic carbocycles. The molecular weight excluding hydrogens is 431 g/mol. The van der Waals surface area contributed by atoms with E-state index >= 15 is 0 Å². The van der Waals surface area contributed by atoms with E-state index < -0.39 is 0 Å². The van der Waals surface area contributed by atoms with Crippen molar-refractivity contribution in [3.63, 3.8) is 0 Å². The molecule has 7 nitrogen and oxygen atoms in total. The number of nitrogens with one attached hydrogen (secondary N) is 2. The summed E-state index contributed by atoms with van der Waals surface area (Å²) in [6, 6.07) is 5.97. The molecular formula is C17H27IN6O. The van der Waals surface area contributed by atoms with Gasteiger partial charge in [-0.2, -0.15) is 5.10 Å². The van der Waals surface area contributed by atoms with Gasteiger partial charge in [0, 0.05) is 44.1 Å². The fraction of sp³-hybridized carbons (Fsp3) is 0.471. The lowest BCUT2D eigenvalue weighted by molar-refractivity contribution is 0.392. The molecule has 0 amide bonds. The van der Waals surface area contributed by atoms with Gasteiger partial charge in [0.05, 0.1) is 12.8 Å². The van der Waals surface area contributed by atoms with Crippen LogP contribution in [0, 0.1) is 13.8 Å². The van der Waals surface area contributed by atoms with Crippen molar-refractivity contribution in [2.24, 2.45) is 4.99 Å². The third-order valence-electron chi connectivity index (χ3n) is 3.66. The van der Waals surface area contributed by atoms with E-state index in [0.717, 1.165) is 36.7 Å². The first-order valence-electron chi connectivity index (χ1n) is 8.07. The summed E-state index contributed by atoms with van der Waals surface area (Å²) in [5.74, 6) is 1.39. The molecule has 0 spiro atoms. The van der Waals surface area contributed by atoms with Gasteiger partial charge in [-0.25, -0.2) is 4.98 Å². The summed E-state index contributed by atoms with van der Waals surface area (Å²) in [5.41, 5.74) is 3.24. The van der Waals surface area contributed by atoms with Gasteiger partial charge in [0.15, 0.2) is 5.96 Å². The number of ether oxygens (including phenoxy) is 1. The lowest BCUT2D eigenvalue weighted by atomic mass is 10.2. The lowest BCUT2D eigenvalue weighted by Crippen LogP contribution is -2.37. The smallest absolute Gasteiger partial charge is 0.218 e. The Hall–Kier alpha value is -1.84. The third-order valence-corrected chi connectivity index (χ3v) is 3.66. The van der Waals surface area contributed by atoms with Crippen LogP contribution in [0.2, 0.25) is 0 Å². The summed E-state index contributed by atoms with van der Waals surface area (Å²) < 4.78 is 7.29.